The first kappa shape index (κ1) is 7.66. The van der Waals surface area contributed by atoms with Crippen molar-refractivity contribution in [1.82, 2.24) is 0 Å². The van der Waals surface area contributed by atoms with Crippen molar-refractivity contribution in [1.29, 1.82) is 0 Å². The molecule has 0 fully saturated rings. The second-order valence-corrected chi connectivity index (χ2v) is 3.27. The number of nitrogens with two attached hydrogens (primary N) is 1. The van der Waals surface area contributed by atoms with Crippen LogP contribution in [0.15, 0.2) is 0 Å². The smallest absolute Gasteiger partial charge is 0.0619 e. The molecule has 0 aromatic carbocycles. The molecule has 2 unspecified atom stereocenters. The Morgan fingerprint density at radius 3 is 2.14 bits per heavy atom. The third-order valence-corrected chi connectivity index (χ3v) is 2.22. The monoisotopic (exact) mass is 137 g/mol. The Labute approximate surface area is 54.5 Å². The van der Waals surface area contributed by atoms with E-state index in [4.69, 9.17) is 5.73 Å². The molecule has 3 heteroatoms. The van der Waals surface area contributed by atoms with E-state index < -0.39 is 0 Å². The highest BCUT2D eigenvalue weighted by Crippen LogP contribution is 2.08. The van der Waals surface area contributed by atoms with Crippen molar-refractivity contribution in [3.8, 4) is 0 Å². The first-order chi connectivity index (χ1) is 3.18. The van der Waals surface area contributed by atoms with Gasteiger partial charge in [-0.3, -0.25) is 0 Å². The predicted molar refractivity (Wildman–Crippen MR) is 39.9 cm³/mol. The Morgan fingerprint density at radius 1 is 1.71 bits per heavy atom. The Balaban J connectivity index is 3.14. The summed E-state index contributed by atoms with van der Waals surface area (Å²) in [6, 6.07) is 0. The molecule has 0 spiro atoms. The highest BCUT2D eigenvalue weighted by atomic mass is 32.2. The van der Waals surface area contributed by atoms with Crippen LogP contribution in [0.5, 0.6) is 0 Å². The van der Waals surface area contributed by atoms with Crippen molar-refractivity contribution in [3.63, 3.8) is 0 Å². The maximum absolute atomic E-state index is 5.50. The summed E-state index contributed by atoms with van der Waals surface area (Å²) in [5.74, 6) is 0. The van der Waals surface area contributed by atoms with Crippen LogP contribution in [-0.4, -0.2) is 16.9 Å². The van der Waals surface area contributed by atoms with Crippen LogP contribution in [0.25, 0.3) is 0 Å². The van der Waals surface area contributed by atoms with Gasteiger partial charge in [0.2, 0.25) is 0 Å². The van der Waals surface area contributed by atoms with Crippen LogP contribution < -0.4 is 5.73 Å². The van der Waals surface area contributed by atoms with Gasteiger partial charge >= 0.3 is 0 Å². The van der Waals surface area contributed by atoms with E-state index in [1.54, 1.807) is 11.8 Å². The van der Waals surface area contributed by atoms with Crippen molar-refractivity contribution in [2.45, 2.75) is 17.5 Å². The van der Waals surface area contributed by atoms with E-state index >= 15 is 0 Å². The van der Waals surface area contributed by atoms with E-state index in [9.17, 15) is 0 Å². The van der Waals surface area contributed by atoms with Crippen LogP contribution >= 0.6 is 24.4 Å². The second-order valence-electron chi connectivity index (χ2n) is 1.44. The second kappa shape index (κ2) is 3.64. The van der Waals surface area contributed by atoms with Gasteiger partial charge in [0.25, 0.3) is 0 Å². The first-order valence-corrected chi connectivity index (χ1v) is 3.95. The molecule has 0 aliphatic carbocycles. The summed E-state index contributed by atoms with van der Waals surface area (Å²) in [6.45, 7) is 1.99. The summed E-state index contributed by atoms with van der Waals surface area (Å²) in [5, 5.41) is 0.485. The minimum Gasteiger partial charge on any atom is -0.318 e. The maximum atomic E-state index is 5.50. The Kier molecular flexibility index (Phi) is 3.98. The molecule has 2 N–H and O–H groups in total. The fourth-order valence-electron chi connectivity index (χ4n) is 0.197. The van der Waals surface area contributed by atoms with Crippen molar-refractivity contribution < 1.29 is 0 Å². The van der Waals surface area contributed by atoms with E-state index in [2.05, 4.69) is 12.6 Å². The summed E-state index contributed by atoms with van der Waals surface area (Å²) in [6.07, 6.45) is 1.98. The summed E-state index contributed by atoms with van der Waals surface area (Å²) < 4.78 is 0. The fraction of sp³-hybridized carbons (Fsp3) is 1.00. The minimum absolute atomic E-state index is 0.184. The first-order valence-electron chi connectivity index (χ1n) is 2.15. The molecule has 0 rings (SSSR count). The Hall–Kier alpha value is 0.660. The van der Waals surface area contributed by atoms with Gasteiger partial charge in [0.15, 0.2) is 0 Å². The van der Waals surface area contributed by atoms with E-state index in [1.165, 1.54) is 0 Å². The SMILES string of the molecule is CSC(N)C(C)S. The molecule has 0 aliphatic heterocycles. The molecule has 0 aliphatic rings. The number of thiol groups is 1. The number of thioether (sulfide) groups is 1. The number of rotatable bonds is 2. The van der Waals surface area contributed by atoms with Crippen molar-refractivity contribution >= 4 is 24.4 Å². The van der Waals surface area contributed by atoms with Gasteiger partial charge in [0.1, 0.15) is 0 Å². The molecule has 0 bridgehead atoms. The predicted octanol–water partition coefficient (Wildman–Crippen LogP) is 0.952. The average molecular weight is 137 g/mol. The highest BCUT2D eigenvalue weighted by molar-refractivity contribution is 8.00. The van der Waals surface area contributed by atoms with Gasteiger partial charge in [0, 0.05) is 5.25 Å². The molecule has 0 amide bonds. The maximum Gasteiger partial charge on any atom is 0.0619 e. The largest absolute Gasteiger partial charge is 0.318 e. The molecule has 0 aromatic heterocycles. The normalized spacial score (nSPS) is 18.9. The lowest BCUT2D eigenvalue weighted by atomic mass is 10.5. The van der Waals surface area contributed by atoms with Gasteiger partial charge in [-0.2, -0.15) is 12.6 Å². The van der Waals surface area contributed by atoms with Crippen LogP contribution in [-0.2, 0) is 0 Å². The van der Waals surface area contributed by atoms with Crippen molar-refractivity contribution in [2.24, 2.45) is 5.73 Å². The molecule has 2 atom stereocenters. The number of hydrogen-bond donors (Lipinski definition) is 2. The lowest BCUT2D eigenvalue weighted by Crippen LogP contribution is -2.24. The van der Waals surface area contributed by atoms with Gasteiger partial charge in [-0.1, -0.05) is 6.92 Å². The zero-order valence-electron chi connectivity index (χ0n) is 4.59. The molecular weight excluding hydrogens is 126 g/mol. The molecular formula is C4H11NS2. The molecule has 44 valence electrons. The van der Waals surface area contributed by atoms with E-state index in [1.807, 2.05) is 13.2 Å². The summed E-state index contributed by atoms with van der Waals surface area (Å²) in [5.41, 5.74) is 5.50. The van der Waals surface area contributed by atoms with Crippen LogP contribution in [0.4, 0.5) is 0 Å². The number of hydrogen-bond acceptors (Lipinski definition) is 3. The van der Waals surface area contributed by atoms with Gasteiger partial charge in [-0.25, -0.2) is 0 Å². The Bertz CT molecular complexity index is 47.0. The minimum atomic E-state index is 0.184. The highest BCUT2D eigenvalue weighted by Gasteiger charge is 2.03. The van der Waals surface area contributed by atoms with E-state index in [0.29, 0.717) is 5.25 Å². The molecule has 0 saturated carbocycles. The summed E-state index contributed by atoms with van der Waals surface area (Å²) in [7, 11) is 0. The van der Waals surface area contributed by atoms with E-state index in [-0.39, 0.29) is 5.37 Å². The molecule has 7 heavy (non-hydrogen) atoms. The summed E-state index contributed by atoms with van der Waals surface area (Å²) >= 11 is 5.76. The van der Waals surface area contributed by atoms with Gasteiger partial charge in [-0.15, -0.1) is 11.8 Å². The Morgan fingerprint density at radius 2 is 2.14 bits per heavy atom. The van der Waals surface area contributed by atoms with Gasteiger partial charge < -0.3 is 5.73 Å². The average Bonchev–Trinajstić information content (AvgIpc) is 1.65. The quantitative estimate of drug-likeness (QED) is 0.438. The lowest BCUT2D eigenvalue weighted by molar-refractivity contribution is 0.897. The van der Waals surface area contributed by atoms with Crippen LogP contribution in [0.2, 0.25) is 0 Å². The topological polar surface area (TPSA) is 26.0 Å². The zero-order chi connectivity index (χ0) is 5.86. The summed E-state index contributed by atoms with van der Waals surface area (Å²) in [4.78, 5) is 0. The van der Waals surface area contributed by atoms with Crippen LogP contribution in [0.3, 0.4) is 0 Å². The van der Waals surface area contributed by atoms with Gasteiger partial charge in [-0.05, 0) is 6.26 Å². The lowest BCUT2D eigenvalue weighted by Gasteiger charge is -2.09. The third kappa shape index (κ3) is 3.26. The van der Waals surface area contributed by atoms with Crippen molar-refractivity contribution in [3.05, 3.63) is 0 Å². The fourth-order valence-corrected chi connectivity index (χ4v) is 0.956. The standard InChI is InChI=1S/C4H11NS2/c1-3(6)4(5)7-2/h3-4,6H,5H2,1-2H3. The molecule has 0 radical (unpaired) electrons. The van der Waals surface area contributed by atoms with Crippen LogP contribution in [0, 0.1) is 0 Å². The zero-order valence-corrected chi connectivity index (χ0v) is 6.30. The molecule has 1 nitrogen and oxygen atoms in total. The van der Waals surface area contributed by atoms with Gasteiger partial charge in [0.05, 0.1) is 5.37 Å². The molecule has 0 heterocycles. The molecule has 0 aromatic rings. The molecule has 0 saturated heterocycles. The third-order valence-electron chi connectivity index (χ3n) is 0.748. The van der Waals surface area contributed by atoms with E-state index in [0.717, 1.165) is 0 Å². The van der Waals surface area contributed by atoms with Crippen LogP contribution in [0.1, 0.15) is 6.92 Å². The van der Waals surface area contributed by atoms with Crippen molar-refractivity contribution in [2.75, 3.05) is 6.26 Å².